The fraction of sp³-hybridized carbons (Fsp3) is 0. The molecule has 0 fully saturated rings. The molecule has 0 atom stereocenters. The van der Waals surface area contributed by atoms with Crippen LogP contribution in [0.4, 0.5) is 16.4 Å². The Morgan fingerprint density at radius 1 is 0.464 bits per heavy atom. The molecule has 0 bridgehead atoms. The molecule has 28 heavy (non-hydrogen) atoms. The molecule has 0 N–H and O–H groups in total. The highest BCUT2D eigenvalue weighted by atomic mass is 32.1. The Balaban J connectivity index is 1.53. The zero-order valence-electron chi connectivity index (χ0n) is 15.0. The minimum atomic E-state index is 1.17. The quantitative estimate of drug-likeness (QED) is 0.277. The summed E-state index contributed by atoms with van der Waals surface area (Å²) in [6, 6.07) is 34.4. The number of hydrogen-bond donors (Lipinski definition) is 0. The van der Waals surface area contributed by atoms with E-state index in [0.29, 0.717) is 0 Å². The maximum absolute atomic E-state index is 2.32. The van der Waals surface area contributed by atoms with Crippen LogP contribution in [0.1, 0.15) is 0 Å². The first-order chi connectivity index (χ1) is 13.9. The van der Waals surface area contributed by atoms with Gasteiger partial charge in [-0.1, -0.05) is 42.5 Å². The Bertz CT molecular complexity index is 1120. The van der Waals surface area contributed by atoms with Crippen LogP contribution in [0.3, 0.4) is 0 Å². The summed E-state index contributed by atoms with van der Waals surface area (Å²) >= 11 is 5.49. The van der Waals surface area contributed by atoms with Crippen molar-refractivity contribution in [3.63, 3.8) is 0 Å². The molecule has 5 aromatic rings. The third kappa shape index (κ3) is 3.42. The molecule has 1 nitrogen and oxygen atoms in total. The number of nitrogens with zero attached hydrogens (tertiary/aromatic N) is 1. The van der Waals surface area contributed by atoms with Crippen LogP contribution < -0.4 is 4.90 Å². The van der Waals surface area contributed by atoms with E-state index in [2.05, 4.69) is 107 Å². The average Bonchev–Trinajstić information content (AvgIpc) is 3.50. The summed E-state index contributed by atoms with van der Waals surface area (Å²) in [4.78, 5) is 7.62. The first kappa shape index (κ1) is 17.4. The predicted octanol–water partition coefficient (Wildman–Crippen LogP) is 8.67. The van der Waals surface area contributed by atoms with E-state index in [0.717, 1.165) is 0 Å². The van der Waals surface area contributed by atoms with E-state index < -0.39 is 0 Å². The lowest BCUT2D eigenvalue weighted by molar-refractivity contribution is 1.32. The molecule has 0 aliphatic rings. The van der Waals surface area contributed by atoms with Crippen molar-refractivity contribution < 1.29 is 0 Å². The monoisotopic (exact) mass is 415 g/mol. The molecule has 136 valence electrons. The predicted molar refractivity (Wildman–Crippen MR) is 126 cm³/mol. The molecular formula is C24H17NS3. The van der Waals surface area contributed by atoms with E-state index >= 15 is 0 Å². The van der Waals surface area contributed by atoms with Gasteiger partial charge in [0.25, 0.3) is 0 Å². The molecule has 0 saturated heterocycles. The average molecular weight is 416 g/mol. The van der Waals surface area contributed by atoms with Gasteiger partial charge in [-0.05, 0) is 60.0 Å². The number of hydrogen-bond acceptors (Lipinski definition) is 4. The minimum absolute atomic E-state index is 1.17. The van der Waals surface area contributed by atoms with Gasteiger partial charge in [0, 0.05) is 30.9 Å². The molecule has 0 unspecified atom stereocenters. The molecule has 0 radical (unpaired) electrons. The molecule has 5 rings (SSSR count). The fourth-order valence-corrected chi connectivity index (χ4v) is 6.14. The SMILES string of the molecule is c1ccc(N(c2ccccc2)c2ccc(-c3ccc(-c4cccs4)s3)s2)cc1. The van der Waals surface area contributed by atoms with Crippen molar-refractivity contribution in [1.29, 1.82) is 0 Å². The van der Waals surface area contributed by atoms with Crippen molar-refractivity contribution in [3.8, 4) is 19.5 Å². The maximum Gasteiger partial charge on any atom is 0.101 e. The summed E-state index contributed by atoms with van der Waals surface area (Å²) in [5.41, 5.74) is 2.35. The third-order valence-corrected chi connectivity index (χ3v) is 7.87. The van der Waals surface area contributed by atoms with Gasteiger partial charge >= 0.3 is 0 Å². The van der Waals surface area contributed by atoms with Crippen LogP contribution in [0.15, 0.2) is 102 Å². The maximum atomic E-state index is 2.32. The Morgan fingerprint density at radius 2 is 1.04 bits per heavy atom. The molecule has 0 aliphatic carbocycles. The lowest BCUT2D eigenvalue weighted by Crippen LogP contribution is -2.07. The van der Waals surface area contributed by atoms with E-state index in [1.165, 1.54) is 35.9 Å². The van der Waals surface area contributed by atoms with Crippen molar-refractivity contribution in [2.24, 2.45) is 0 Å². The van der Waals surface area contributed by atoms with Crippen molar-refractivity contribution in [1.82, 2.24) is 0 Å². The lowest BCUT2D eigenvalue weighted by atomic mass is 10.2. The van der Waals surface area contributed by atoms with Gasteiger partial charge in [0.15, 0.2) is 0 Å². The zero-order valence-corrected chi connectivity index (χ0v) is 17.4. The second-order valence-corrected chi connectivity index (χ2v) is 9.38. The second kappa shape index (κ2) is 7.76. The Labute approximate surface area is 176 Å². The van der Waals surface area contributed by atoms with E-state index in [-0.39, 0.29) is 0 Å². The van der Waals surface area contributed by atoms with Crippen LogP contribution in [0.2, 0.25) is 0 Å². The molecular weight excluding hydrogens is 398 g/mol. The van der Waals surface area contributed by atoms with Crippen LogP contribution >= 0.6 is 34.0 Å². The van der Waals surface area contributed by atoms with Crippen LogP contribution in [-0.2, 0) is 0 Å². The van der Waals surface area contributed by atoms with Crippen molar-refractivity contribution >= 4 is 50.4 Å². The first-order valence-electron chi connectivity index (χ1n) is 9.03. The Hall–Kier alpha value is -2.66. The third-order valence-electron chi connectivity index (χ3n) is 4.45. The highest BCUT2D eigenvalue weighted by Gasteiger charge is 2.15. The van der Waals surface area contributed by atoms with Crippen LogP contribution in [0, 0.1) is 0 Å². The largest absolute Gasteiger partial charge is 0.302 e. The summed E-state index contributed by atoms with van der Waals surface area (Å²) in [5, 5.41) is 3.36. The number of thiophene rings is 3. The normalized spacial score (nSPS) is 10.9. The summed E-state index contributed by atoms with van der Waals surface area (Å²) in [7, 11) is 0. The fourth-order valence-electron chi connectivity index (χ4n) is 3.16. The van der Waals surface area contributed by atoms with Gasteiger partial charge in [-0.2, -0.15) is 0 Å². The highest BCUT2D eigenvalue weighted by molar-refractivity contribution is 7.27. The minimum Gasteiger partial charge on any atom is -0.302 e. The molecule has 0 aliphatic heterocycles. The van der Waals surface area contributed by atoms with Gasteiger partial charge in [0.05, 0.1) is 0 Å². The van der Waals surface area contributed by atoms with E-state index in [1.54, 1.807) is 11.3 Å². The van der Waals surface area contributed by atoms with E-state index in [9.17, 15) is 0 Å². The van der Waals surface area contributed by atoms with Crippen LogP contribution in [-0.4, -0.2) is 0 Å². The summed E-state index contributed by atoms with van der Waals surface area (Å²) in [6.45, 7) is 0. The Kier molecular flexibility index (Phi) is 4.83. The van der Waals surface area contributed by atoms with Crippen LogP contribution in [0.5, 0.6) is 0 Å². The summed E-state index contributed by atoms with van der Waals surface area (Å²) in [6.07, 6.45) is 0. The summed E-state index contributed by atoms with van der Waals surface area (Å²) < 4.78 is 0. The first-order valence-corrected chi connectivity index (χ1v) is 11.5. The van der Waals surface area contributed by atoms with Crippen molar-refractivity contribution in [2.45, 2.75) is 0 Å². The molecule has 4 heteroatoms. The van der Waals surface area contributed by atoms with Gasteiger partial charge in [-0.3, -0.25) is 0 Å². The molecule has 0 saturated carbocycles. The second-order valence-electron chi connectivity index (χ2n) is 6.29. The highest BCUT2D eigenvalue weighted by Crippen LogP contribution is 2.44. The summed E-state index contributed by atoms with van der Waals surface area (Å²) in [5.74, 6) is 0. The zero-order chi connectivity index (χ0) is 18.8. The standard InChI is InChI=1S/C24H17NS3/c1-3-8-18(9-4-1)25(19-10-5-2-6-11-19)24-16-15-23(28-24)22-14-13-21(27-22)20-12-7-17-26-20/h1-17H. The lowest BCUT2D eigenvalue weighted by Gasteiger charge is -2.23. The smallest absolute Gasteiger partial charge is 0.101 e. The molecule has 3 heterocycles. The van der Waals surface area contributed by atoms with Gasteiger partial charge in [-0.25, -0.2) is 0 Å². The molecule has 0 spiro atoms. The number of rotatable bonds is 5. The molecule has 0 amide bonds. The molecule has 3 aromatic heterocycles. The van der Waals surface area contributed by atoms with E-state index in [1.807, 2.05) is 22.7 Å². The van der Waals surface area contributed by atoms with Gasteiger partial charge in [-0.15, -0.1) is 34.0 Å². The van der Waals surface area contributed by atoms with Gasteiger partial charge in [0.1, 0.15) is 5.00 Å². The Morgan fingerprint density at radius 3 is 1.64 bits per heavy atom. The van der Waals surface area contributed by atoms with Crippen LogP contribution in [0.25, 0.3) is 19.5 Å². The van der Waals surface area contributed by atoms with Gasteiger partial charge < -0.3 is 4.90 Å². The van der Waals surface area contributed by atoms with E-state index in [4.69, 9.17) is 0 Å². The molecule has 2 aromatic carbocycles. The van der Waals surface area contributed by atoms with Gasteiger partial charge in [0.2, 0.25) is 0 Å². The topological polar surface area (TPSA) is 3.24 Å². The number of para-hydroxylation sites is 2. The number of anilines is 3. The van der Waals surface area contributed by atoms with Crippen molar-refractivity contribution in [3.05, 3.63) is 102 Å². The van der Waals surface area contributed by atoms with Crippen molar-refractivity contribution in [2.75, 3.05) is 4.90 Å². The number of benzene rings is 2.